The summed E-state index contributed by atoms with van der Waals surface area (Å²) in [5.41, 5.74) is 1.96. The van der Waals surface area contributed by atoms with Gasteiger partial charge in [0.15, 0.2) is 0 Å². The van der Waals surface area contributed by atoms with E-state index in [1.54, 1.807) is 12.1 Å². The zero-order valence-corrected chi connectivity index (χ0v) is 21.8. The Balaban J connectivity index is 1.46. The Hall–Kier alpha value is -2.89. The molecule has 2 amide bonds. The molecule has 1 heterocycles. The normalized spacial score (nSPS) is 13.0. The predicted octanol–water partition coefficient (Wildman–Crippen LogP) is 7.41. The van der Waals surface area contributed by atoms with Crippen molar-refractivity contribution >= 4 is 34.2 Å². The summed E-state index contributed by atoms with van der Waals surface area (Å²) in [5.74, 6) is -1.62. The first-order chi connectivity index (χ1) is 17.5. The molecule has 2 N–H and O–H groups in total. The van der Waals surface area contributed by atoms with Gasteiger partial charge in [0.1, 0.15) is 0 Å². The first kappa shape index (κ1) is 27.7. The Morgan fingerprint density at radius 1 is 0.778 bits per heavy atom. The summed E-state index contributed by atoms with van der Waals surface area (Å²) in [5, 5.41) is 14.0. The Morgan fingerprint density at radius 2 is 1.36 bits per heavy atom. The molecule has 2 aromatic carbocycles. The minimum atomic E-state index is -0.932. The van der Waals surface area contributed by atoms with E-state index in [9.17, 15) is 14.4 Å². The Labute approximate surface area is 215 Å². The van der Waals surface area contributed by atoms with E-state index in [2.05, 4.69) is 12.2 Å². The number of imide groups is 1. The molecule has 3 rings (SSSR count). The molecule has 0 saturated heterocycles. The smallest absolute Gasteiger partial charge is 0.303 e. The van der Waals surface area contributed by atoms with E-state index in [4.69, 9.17) is 5.11 Å². The maximum atomic E-state index is 13.0. The van der Waals surface area contributed by atoms with Crippen LogP contribution in [0.25, 0.3) is 10.8 Å². The third-order valence-corrected chi connectivity index (χ3v) is 7.11. The maximum Gasteiger partial charge on any atom is 0.303 e. The highest BCUT2D eigenvalue weighted by molar-refractivity contribution is 6.26. The molecular formula is C30H42N2O4. The lowest BCUT2D eigenvalue weighted by Gasteiger charge is -2.27. The van der Waals surface area contributed by atoms with Crippen LogP contribution in [0.5, 0.6) is 0 Å². The molecule has 0 aromatic heterocycles. The van der Waals surface area contributed by atoms with E-state index < -0.39 is 5.97 Å². The van der Waals surface area contributed by atoms with Crippen molar-refractivity contribution in [2.24, 2.45) is 0 Å². The van der Waals surface area contributed by atoms with Crippen LogP contribution in [-0.4, -0.2) is 40.9 Å². The van der Waals surface area contributed by atoms with Gasteiger partial charge in [-0.3, -0.25) is 19.3 Å². The van der Waals surface area contributed by atoms with E-state index >= 15 is 0 Å². The monoisotopic (exact) mass is 494 g/mol. The second kappa shape index (κ2) is 14.6. The first-order valence-electron chi connectivity index (χ1n) is 13.9. The number of hydrogen-bond acceptors (Lipinski definition) is 4. The number of anilines is 1. The summed E-state index contributed by atoms with van der Waals surface area (Å²) < 4.78 is 0. The van der Waals surface area contributed by atoms with Crippen LogP contribution in [0.15, 0.2) is 30.3 Å². The van der Waals surface area contributed by atoms with E-state index in [-0.39, 0.29) is 31.2 Å². The average Bonchev–Trinajstić information content (AvgIpc) is 2.87. The summed E-state index contributed by atoms with van der Waals surface area (Å²) in [6.45, 7) is 3.23. The van der Waals surface area contributed by atoms with Gasteiger partial charge in [-0.1, -0.05) is 89.7 Å². The van der Waals surface area contributed by atoms with Crippen molar-refractivity contribution in [3.63, 3.8) is 0 Å². The van der Waals surface area contributed by atoms with Crippen LogP contribution in [0.3, 0.4) is 0 Å². The quantitative estimate of drug-likeness (QED) is 0.166. The van der Waals surface area contributed by atoms with E-state index in [1.807, 2.05) is 18.2 Å². The fourth-order valence-electron chi connectivity index (χ4n) is 5.08. The molecule has 6 heteroatoms. The van der Waals surface area contributed by atoms with Crippen molar-refractivity contribution in [3.05, 3.63) is 41.5 Å². The number of unbranched alkanes of at least 4 members (excludes halogenated alkanes) is 11. The van der Waals surface area contributed by atoms with Crippen LogP contribution >= 0.6 is 0 Å². The zero-order valence-electron chi connectivity index (χ0n) is 21.8. The molecule has 0 aliphatic carbocycles. The largest absolute Gasteiger partial charge is 0.481 e. The van der Waals surface area contributed by atoms with E-state index in [1.165, 1.54) is 75.5 Å². The maximum absolute atomic E-state index is 13.0. The van der Waals surface area contributed by atoms with Crippen molar-refractivity contribution in [2.45, 2.75) is 96.8 Å². The highest BCUT2D eigenvalue weighted by Gasteiger charge is 2.32. The minimum absolute atomic E-state index is 0.0733. The van der Waals surface area contributed by atoms with Crippen molar-refractivity contribution in [1.29, 1.82) is 0 Å². The SMILES string of the molecule is CCCCCCCCCCCCCCNc1ccc2c3c(cccc13)C(=O)N(CCCC(=O)O)C2=O. The van der Waals surface area contributed by atoms with Crippen molar-refractivity contribution in [3.8, 4) is 0 Å². The summed E-state index contributed by atoms with van der Waals surface area (Å²) in [6.07, 6.45) is 16.0. The number of nitrogens with zero attached hydrogens (tertiary/aromatic N) is 1. The number of amides is 2. The predicted molar refractivity (Wildman–Crippen MR) is 146 cm³/mol. The average molecular weight is 495 g/mol. The Bertz CT molecular complexity index is 1010. The number of carbonyl (C=O) groups is 3. The fraction of sp³-hybridized carbons (Fsp3) is 0.567. The highest BCUT2D eigenvalue weighted by Crippen LogP contribution is 2.34. The molecule has 0 spiro atoms. The molecule has 196 valence electrons. The van der Waals surface area contributed by atoms with Crippen LogP contribution < -0.4 is 5.32 Å². The molecule has 0 bridgehead atoms. The van der Waals surface area contributed by atoms with Gasteiger partial charge in [0.25, 0.3) is 11.8 Å². The lowest BCUT2D eigenvalue weighted by Crippen LogP contribution is -2.41. The number of rotatable bonds is 18. The molecule has 1 aliphatic heterocycles. The molecule has 2 aromatic rings. The zero-order chi connectivity index (χ0) is 25.8. The number of benzene rings is 2. The molecule has 6 nitrogen and oxygen atoms in total. The van der Waals surface area contributed by atoms with Crippen LogP contribution in [-0.2, 0) is 4.79 Å². The van der Waals surface area contributed by atoms with Gasteiger partial charge in [-0.15, -0.1) is 0 Å². The van der Waals surface area contributed by atoms with Crippen molar-refractivity contribution in [1.82, 2.24) is 4.90 Å². The van der Waals surface area contributed by atoms with Gasteiger partial charge in [-0.2, -0.15) is 0 Å². The third-order valence-electron chi connectivity index (χ3n) is 7.11. The number of carboxylic acid groups (broad SMARTS) is 1. The topological polar surface area (TPSA) is 86.7 Å². The number of carboxylic acids is 1. The molecule has 0 fully saturated rings. The molecule has 0 saturated carbocycles. The number of hydrogen-bond donors (Lipinski definition) is 2. The molecule has 0 radical (unpaired) electrons. The van der Waals surface area contributed by atoms with Crippen LogP contribution in [0.4, 0.5) is 5.69 Å². The number of aliphatic carboxylic acids is 1. The summed E-state index contributed by atoms with van der Waals surface area (Å²) in [7, 11) is 0. The Kier molecular flexibility index (Phi) is 11.2. The molecular weight excluding hydrogens is 452 g/mol. The van der Waals surface area contributed by atoms with Crippen molar-refractivity contribution in [2.75, 3.05) is 18.4 Å². The lowest BCUT2D eigenvalue weighted by molar-refractivity contribution is -0.137. The van der Waals surface area contributed by atoms with Gasteiger partial charge >= 0.3 is 5.97 Å². The number of nitrogens with one attached hydrogen (secondary N) is 1. The van der Waals surface area contributed by atoms with Gasteiger partial charge in [-0.05, 0) is 31.0 Å². The van der Waals surface area contributed by atoms with Crippen molar-refractivity contribution < 1.29 is 19.5 Å². The fourth-order valence-corrected chi connectivity index (χ4v) is 5.08. The molecule has 0 atom stereocenters. The van der Waals surface area contributed by atoms with Gasteiger partial charge < -0.3 is 10.4 Å². The minimum Gasteiger partial charge on any atom is -0.481 e. The highest BCUT2D eigenvalue weighted by atomic mass is 16.4. The Morgan fingerprint density at radius 3 is 1.97 bits per heavy atom. The molecule has 1 aliphatic rings. The van der Waals surface area contributed by atoms with Gasteiger partial charge in [-0.25, -0.2) is 0 Å². The molecule has 36 heavy (non-hydrogen) atoms. The second-order valence-corrected chi connectivity index (χ2v) is 9.96. The van der Waals surface area contributed by atoms with Crippen LogP contribution in [0, 0.1) is 0 Å². The van der Waals surface area contributed by atoms with Gasteiger partial charge in [0.05, 0.1) is 0 Å². The molecule has 0 unspecified atom stereocenters. The second-order valence-electron chi connectivity index (χ2n) is 9.96. The van der Waals surface area contributed by atoms with Gasteiger partial charge in [0.2, 0.25) is 0 Å². The van der Waals surface area contributed by atoms with Gasteiger partial charge in [0, 0.05) is 47.1 Å². The summed E-state index contributed by atoms with van der Waals surface area (Å²) >= 11 is 0. The lowest BCUT2D eigenvalue weighted by atomic mass is 9.93. The number of carbonyl (C=O) groups excluding carboxylic acids is 2. The van der Waals surface area contributed by atoms with E-state index in [0.717, 1.165) is 24.0 Å². The standard InChI is InChI=1S/C30H42N2O4/c1-2-3-4-5-6-7-8-9-10-11-12-13-21-31-26-20-19-25-28-23(26)16-14-17-24(28)29(35)32(30(25)36)22-15-18-27(33)34/h14,16-17,19-20,31H,2-13,15,18,21-22H2,1H3,(H,33,34). The third kappa shape index (κ3) is 7.55. The first-order valence-corrected chi connectivity index (χ1v) is 13.9. The van der Waals surface area contributed by atoms with Crippen LogP contribution in [0.2, 0.25) is 0 Å². The summed E-state index contributed by atoms with van der Waals surface area (Å²) in [6, 6.07) is 9.26. The van der Waals surface area contributed by atoms with Crippen LogP contribution in [0.1, 0.15) is 118 Å². The summed E-state index contributed by atoms with van der Waals surface area (Å²) in [4.78, 5) is 38.1. The van der Waals surface area contributed by atoms with E-state index in [0.29, 0.717) is 16.5 Å².